The number of benzene rings is 1. The van der Waals surface area contributed by atoms with Gasteiger partial charge in [-0.1, -0.05) is 23.8 Å². The van der Waals surface area contributed by atoms with Gasteiger partial charge in [-0.3, -0.25) is 0 Å². The number of hydrogen-bond acceptors (Lipinski definition) is 4. The number of nitrogen functional groups attached to an aromatic ring is 1. The molecule has 3 nitrogen and oxygen atoms in total. The van der Waals surface area contributed by atoms with Crippen LogP contribution in [0.1, 0.15) is 42.3 Å². The molecule has 2 aromatic rings. The van der Waals surface area contributed by atoms with Crippen LogP contribution in [-0.4, -0.2) is 11.6 Å². The summed E-state index contributed by atoms with van der Waals surface area (Å²) in [6.45, 7) is 9.64. The molecule has 0 unspecified atom stereocenters. The zero-order valence-electron chi connectivity index (χ0n) is 13.1. The highest BCUT2D eigenvalue weighted by Gasteiger charge is 2.25. The third-order valence-corrected chi connectivity index (χ3v) is 3.91. The molecule has 0 fully saturated rings. The molecule has 0 saturated carbocycles. The van der Waals surface area contributed by atoms with Gasteiger partial charge < -0.3 is 10.5 Å². The van der Waals surface area contributed by atoms with Crippen LogP contribution in [0.15, 0.2) is 23.6 Å². The lowest BCUT2D eigenvalue weighted by molar-refractivity contribution is 0.00722. The number of aryl methyl sites for hydroxylation is 2. The minimum atomic E-state index is -0.537. The largest absolute Gasteiger partial charge is 0.456 e. The minimum Gasteiger partial charge on any atom is -0.456 e. The van der Waals surface area contributed by atoms with E-state index < -0.39 is 5.60 Å². The molecule has 21 heavy (non-hydrogen) atoms. The van der Waals surface area contributed by atoms with Gasteiger partial charge in [0.25, 0.3) is 0 Å². The van der Waals surface area contributed by atoms with E-state index in [-0.39, 0.29) is 5.97 Å². The Labute approximate surface area is 129 Å². The molecule has 0 bridgehead atoms. The van der Waals surface area contributed by atoms with Gasteiger partial charge in [-0.05, 0) is 45.7 Å². The Hall–Kier alpha value is -1.81. The highest BCUT2D eigenvalue weighted by molar-refractivity contribution is 7.15. The lowest BCUT2D eigenvalue weighted by Gasteiger charge is -2.20. The maximum Gasteiger partial charge on any atom is 0.342 e. The van der Waals surface area contributed by atoms with Crippen LogP contribution < -0.4 is 5.73 Å². The van der Waals surface area contributed by atoms with Crippen molar-refractivity contribution in [2.75, 3.05) is 5.73 Å². The van der Waals surface area contributed by atoms with Crippen molar-refractivity contribution in [2.45, 2.75) is 40.2 Å². The number of hydrogen-bond donors (Lipinski definition) is 1. The number of thiophene rings is 1. The molecule has 2 rings (SSSR count). The van der Waals surface area contributed by atoms with Gasteiger partial charge in [0.2, 0.25) is 0 Å². The summed E-state index contributed by atoms with van der Waals surface area (Å²) in [6.07, 6.45) is 0. The van der Waals surface area contributed by atoms with E-state index in [0.29, 0.717) is 10.6 Å². The van der Waals surface area contributed by atoms with Gasteiger partial charge in [0, 0.05) is 10.9 Å². The maximum atomic E-state index is 12.4. The number of ether oxygens (including phenoxy) is 1. The molecule has 1 aromatic carbocycles. The molecule has 0 saturated heterocycles. The topological polar surface area (TPSA) is 52.3 Å². The molecular weight excluding hydrogens is 282 g/mol. The van der Waals surface area contributed by atoms with Crippen molar-refractivity contribution < 1.29 is 9.53 Å². The number of anilines is 1. The fraction of sp³-hybridized carbons (Fsp3) is 0.353. The average Bonchev–Trinajstić information content (AvgIpc) is 2.68. The smallest absolute Gasteiger partial charge is 0.342 e. The Balaban J connectivity index is 2.50. The second kappa shape index (κ2) is 5.53. The zero-order chi connectivity index (χ0) is 15.8. The first-order chi connectivity index (χ1) is 9.69. The van der Waals surface area contributed by atoms with E-state index in [1.165, 1.54) is 16.9 Å². The molecule has 4 heteroatoms. The van der Waals surface area contributed by atoms with Crippen LogP contribution >= 0.6 is 11.3 Å². The zero-order valence-corrected chi connectivity index (χ0v) is 13.9. The van der Waals surface area contributed by atoms with E-state index in [9.17, 15) is 4.79 Å². The second-order valence-corrected chi connectivity index (χ2v) is 7.12. The van der Waals surface area contributed by atoms with E-state index in [0.717, 1.165) is 16.7 Å². The van der Waals surface area contributed by atoms with Crippen molar-refractivity contribution in [3.8, 4) is 11.1 Å². The third-order valence-electron chi connectivity index (χ3n) is 3.09. The van der Waals surface area contributed by atoms with Crippen LogP contribution in [0, 0.1) is 13.8 Å². The maximum absolute atomic E-state index is 12.4. The quantitative estimate of drug-likeness (QED) is 0.827. The molecule has 112 valence electrons. The molecule has 0 amide bonds. The summed E-state index contributed by atoms with van der Waals surface area (Å²) < 4.78 is 5.48. The number of nitrogens with two attached hydrogens (primary N) is 1. The van der Waals surface area contributed by atoms with Crippen molar-refractivity contribution in [3.63, 3.8) is 0 Å². The van der Waals surface area contributed by atoms with Crippen molar-refractivity contribution in [1.82, 2.24) is 0 Å². The second-order valence-electron chi connectivity index (χ2n) is 6.21. The Morgan fingerprint density at radius 2 is 1.86 bits per heavy atom. The Morgan fingerprint density at radius 3 is 2.43 bits per heavy atom. The number of carbonyl (C=O) groups is 1. The molecule has 0 spiro atoms. The van der Waals surface area contributed by atoms with E-state index in [1.54, 1.807) is 0 Å². The predicted octanol–water partition coefficient (Wildman–Crippen LogP) is 4.57. The molecule has 1 aromatic heterocycles. The Kier molecular flexibility index (Phi) is 4.10. The molecule has 0 aliphatic rings. The van der Waals surface area contributed by atoms with E-state index in [4.69, 9.17) is 10.5 Å². The van der Waals surface area contributed by atoms with Gasteiger partial charge in [-0.25, -0.2) is 4.79 Å². The SMILES string of the molecule is Cc1ccc(-c2csc(N)c2C(=O)OC(C)(C)C)c(C)c1. The van der Waals surface area contributed by atoms with E-state index in [1.807, 2.05) is 52.1 Å². The van der Waals surface area contributed by atoms with E-state index in [2.05, 4.69) is 6.07 Å². The van der Waals surface area contributed by atoms with Gasteiger partial charge in [0.05, 0.1) is 0 Å². The van der Waals surface area contributed by atoms with Gasteiger partial charge in [-0.2, -0.15) is 0 Å². The minimum absolute atomic E-state index is 0.365. The Bertz CT molecular complexity index is 681. The summed E-state index contributed by atoms with van der Waals surface area (Å²) in [5, 5.41) is 2.42. The number of esters is 1. The fourth-order valence-electron chi connectivity index (χ4n) is 2.23. The number of carbonyl (C=O) groups excluding carboxylic acids is 1. The monoisotopic (exact) mass is 303 g/mol. The summed E-state index contributed by atoms with van der Waals surface area (Å²) in [4.78, 5) is 12.4. The van der Waals surface area contributed by atoms with Crippen LogP contribution in [0.5, 0.6) is 0 Å². The molecule has 0 atom stereocenters. The number of rotatable bonds is 2. The summed E-state index contributed by atoms with van der Waals surface area (Å²) in [5.74, 6) is -0.365. The van der Waals surface area contributed by atoms with Gasteiger partial charge >= 0.3 is 5.97 Å². The molecule has 2 N–H and O–H groups in total. The van der Waals surface area contributed by atoms with Crippen LogP contribution in [0.3, 0.4) is 0 Å². The molecule has 0 aliphatic carbocycles. The lowest BCUT2D eigenvalue weighted by Crippen LogP contribution is -2.24. The van der Waals surface area contributed by atoms with Crippen LogP contribution in [0.25, 0.3) is 11.1 Å². The normalized spacial score (nSPS) is 11.5. The molecular formula is C17H21NO2S. The molecule has 0 radical (unpaired) electrons. The first-order valence-corrected chi connectivity index (χ1v) is 7.75. The Morgan fingerprint density at radius 1 is 1.19 bits per heavy atom. The lowest BCUT2D eigenvalue weighted by atomic mass is 9.97. The third kappa shape index (κ3) is 3.45. The summed E-state index contributed by atoms with van der Waals surface area (Å²) in [7, 11) is 0. The highest BCUT2D eigenvalue weighted by Crippen LogP contribution is 2.36. The summed E-state index contributed by atoms with van der Waals surface area (Å²) in [5.41, 5.74) is 10.1. The van der Waals surface area contributed by atoms with Crippen molar-refractivity contribution in [3.05, 3.63) is 40.3 Å². The first kappa shape index (κ1) is 15.6. The van der Waals surface area contributed by atoms with Crippen LogP contribution in [0.4, 0.5) is 5.00 Å². The fourth-order valence-corrected chi connectivity index (χ4v) is 3.03. The van der Waals surface area contributed by atoms with Gasteiger partial charge in [0.15, 0.2) is 0 Å². The summed E-state index contributed by atoms with van der Waals surface area (Å²) >= 11 is 1.37. The average molecular weight is 303 g/mol. The standard InChI is InChI=1S/C17H21NO2S/c1-10-6-7-12(11(2)8-10)13-9-21-15(18)14(13)16(19)20-17(3,4)5/h6-9H,18H2,1-5H3. The van der Waals surface area contributed by atoms with Crippen molar-refractivity contribution in [2.24, 2.45) is 0 Å². The highest BCUT2D eigenvalue weighted by atomic mass is 32.1. The van der Waals surface area contributed by atoms with Crippen molar-refractivity contribution >= 4 is 22.3 Å². The van der Waals surface area contributed by atoms with Gasteiger partial charge in [-0.15, -0.1) is 11.3 Å². The van der Waals surface area contributed by atoms with Crippen LogP contribution in [-0.2, 0) is 4.74 Å². The first-order valence-electron chi connectivity index (χ1n) is 6.87. The molecule has 0 aliphatic heterocycles. The van der Waals surface area contributed by atoms with Crippen molar-refractivity contribution in [1.29, 1.82) is 0 Å². The summed E-state index contributed by atoms with van der Waals surface area (Å²) in [6, 6.07) is 6.16. The van der Waals surface area contributed by atoms with E-state index >= 15 is 0 Å². The van der Waals surface area contributed by atoms with Gasteiger partial charge in [0.1, 0.15) is 16.2 Å². The molecule has 1 heterocycles. The van der Waals surface area contributed by atoms with Crippen LogP contribution in [0.2, 0.25) is 0 Å². The predicted molar refractivity (Wildman–Crippen MR) is 88.8 cm³/mol.